The van der Waals surface area contributed by atoms with Crippen LogP contribution < -0.4 is 4.90 Å². The van der Waals surface area contributed by atoms with E-state index in [-0.39, 0.29) is 24.6 Å². The van der Waals surface area contributed by atoms with Crippen molar-refractivity contribution in [3.63, 3.8) is 0 Å². The molecule has 0 saturated heterocycles. The number of carbonyl (C=O) groups excluding carboxylic acids is 2. The number of amides is 2. The van der Waals surface area contributed by atoms with Gasteiger partial charge in [-0.2, -0.15) is 13.2 Å². The normalized spacial score (nSPS) is 19.0. The Labute approximate surface area is 155 Å². The van der Waals surface area contributed by atoms with E-state index in [2.05, 4.69) is 0 Å². The molecule has 6 nitrogen and oxygen atoms in total. The minimum absolute atomic E-state index is 0.00286. The first-order valence-electron chi connectivity index (χ1n) is 8.63. The van der Waals surface area contributed by atoms with Crippen LogP contribution in [0.3, 0.4) is 0 Å². The van der Waals surface area contributed by atoms with E-state index in [1.165, 1.54) is 25.1 Å². The number of benzene rings is 1. The van der Waals surface area contributed by atoms with Crippen LogP contribution in [0.25, 0.3) is 0 Å². The summed E-state index contributed by atoms with van der Waals surface area (Å²) >= 11 is 0. The second-order valence-electron chi connectivity index (χ2n) is 6.20. The van der Waals surface area contributed by atoms with Crippen LogP contribution in [0.15, 0.2) is 18.2 Å². The molecule has 1 aliphatic heterocycles. The van der Waals surface area contributed by atoms with Crippen LogP contribution >= 0.6 is 0 Å². The van der Waals surface area contributed by atoms with Crippen molar-refractivity contribution in [3.8, 4) is 0 Å². The molecule has 0 fully saturated rings. The summed E-state index contributed by atoms with van der Waals surface area (Å²) in [6.07, 6.45) is -4.82. The summed E-state index contributed by atoms with van der Waals surface area (Å²) in [6.45, 7) is 3.53. The van der Waals surface area contributed by atoms with Crippen LogP contribution in [0.2, 0.25) is 0 Å². The molecule has 0 saturated carbocycles. The summed E-state index contributed by atoms with van der Waals surface area (Å²) < 4.78 is 44.5. The second-order valence-corrected chi connectivity index (χ2v) is 6.20. The summed E-state index contributed by atoms with van der Waals surface area (Å²) in [4.78, 5) is 30.9. The maximum Gasteiger partial charge on any atom is 0.416 e. The average molecular weight is 388 g/mol. The van der Waals surface area contributed by atoms with Gasteiger partial charge in [-0.25, -0.2) is 9.86 Å². The molecule has 0 aliphatic carbocycles. The molecule has 2 rings (SSSR count). The summed E-state index contributed by atoms with van der Waals surface area (Å²) in [5.74, 6) is -0.792. The lowest BCUT2D eigenvalue weighted by molar-refractivity contribution is -0.169. The van der Waals surface area contributed by atoms with E-state index >= 15 is 0 Å². The minimum atomic E-state index is -4.54. The van der Waals surface area contributed by atoms with E-state index in [1.807, 2.05) is 6.92 Å². The highest BCUT2D eigenvalue weighted by Crippen LogP contribution is 2.46. The van der Waals surface area contributed by atoms with E-state index in [1.54, 1.807) is 6.92 Å². The molecule has 0 bridgehead atoms. The van der Waals surface area contributed by atoms with Gasteiger partial charge in [0.15, 0.2) is 0 Å². The Morgan fingerprint density at radius 3 is 2.44 bits per heavy atom. The maximum atomic E-state index is 13.2. The minimum Gasteiger partial charge on any atom is -0.449 e. The van der Waals surface area contributed by atoms with Gasteiger partial charge in [0.25, 0.3) is 0 Å². The fraction of sp³-hybridized carbons (Fsp3) is 0.556. The highest BCUT2D eigenvalue weighted by Gasteiger charge is 2.44. The summed E-state index contributed by atoms with van der Waals surface area (Å²) in [5, 5.41) is 1.06. The molecule has 0 spiro atoms. The summed E-state index contributed by atoms with van der Waals surface area (Å²) in [5.41, 5.74) is -0.208. The number of alkyl halides is 3. The van der Waals surface area contributed by atoms with E-state index in [4.69, 9.17) is 9.57 Å². The maximum absolute atomic E-state index is 13.2. The van der Waals surface area contributed by atoms with Gasteiger partial charge in [0.2, 0.25) is 5.91 Å². The predicted octanol–water partition coefficient (Wildman–Crippen LogP) is 3.95. The largest absolute Gasteiger partial charge is 0.449 e. The number of hydrogen-bond donors (Lipinski definition) is 0. The zero-order valence-electron chi connectivity index (χ0n) is 15.7. The fourth-order valence-electron chi connectivity index (χ4n) is 3.37. The summed E-state index contributed by atoms with van der Waals surface area (Å²) in [7, 11) is 2.80. The van der Waals surface area contributed by atoms with Crippen LogP contribution in [0.5, 0.6) is 0 Å². The van der Waals surface area contributed by atoms with Crippen molar-refractivity contribution in [2.75, 3.05) is 25.7 Å². The average Bonchev–Trinajstić information content (AvgIpc) is 2.93. The van der Waals surface area contributed by atoms with Crippen LogP contribution in [0, 0.1) is 0 Å². The molecule has 1 aliphatic rings. The molecule has 2 atom stereocenters. The molecule has 0 aromatic heterocycles. The highest BCUT2D eigenvalue weighted by atomic mass is 19.4. The van der Waals surface area contributed by atoms with Gasteiger partial charge in [0.05, 0.1) is 25.0 Å². The lowest BCUT2D eigenvalue weighted by atomic mass is 9.89. The van der Waals surface area contributed by atoms with Crippen molar-refractivity contribution in [1.82, 2.24) is 5.06 Å². The van der Waals surface area contributed by atoms with Crippen LogP contribution in [-0.4, -0.2) is 43.9 Å². The Morgan fingerprint density at radius 2 is 1.93 bits per heavy atom. The van der Waals surface area contributed by atoms with Crippen molar-refractivity contribution >= 4 is 17.7 Å². The quantitative estimate of drug-likeness (QED) is 0.717. The zero-order valence-corrected chi connectivity index (χ0v) is 15.7. The number of anilines is 1. The van der Waals surface area contributed by atoms with Crippen molar-refractivity contribution in [3.05, 3.63) is 29.3 Å². The van der Waals surface area contributed by atoms with Crippen molar-refractivity contribution in [2.45, 2.75) is 44.8 Å². The van der Waals surface area contributed by atoms with E-state index in [9.17, 15) is 22.8 Å². The summed E-state index contributed by atoms with van der Waals surface area (Å²) in [6, 6.07) is 2.76. The third kappa shape index (κ3) is 4.18. The number of rotatable bonds is 5. The molecule has 150 valence electrons. The van der Waals surface area contributed by atoms with E-state index in [0.717, 1.165) is 17.2 Å². The number of hydroxylamine groups is 2. The highest BCUT2D eigenvalue weighted by molar-refractivity contribution is 5.93. The molecule has 9 heteroatoms. The Morgan fingerprint density at radius 1 is 1.26 bits per heavy atom. The van der Waals surface area contributed by atoms with Gasteiger partial charge < -0.3 is 4.74 Å². The SMILES string of the molecule is CCOC(=O)N1c2cc(C(F)(F)F)ccc2C(CC(=O)N(C)OC)C1CC. The number of ether oxygens (including phenoxy) is 1. The fourth-order valence-corrected chi connectivity index (χ4v) is 3.37. The van der Waals surface area contributed by atoms with E-state index in [0.29, 0.717) is 12.0 Å². The van der Waals surface area contributed by atoms with Gasteiger partial charge in [-0.1, -0.05) is 13.0 Å². The first kappa shape index (κ1) is 21.0. The van der Waals surface area contributed by atoms with Gasteiger partial charge in [-0.05, 0) is 31.0 Å². The first-order chi connectivity index (χ1) is 12.6. The third-order valence-corrected chi connectivity index (χ3v) is 4.72. The number of nitrogens with zero attached hydrogens (tertiary/aromatic N) is 2. The zero-order chi connectivity index (χ0) is 20.4. The molecule has 2 amide bonds. The molecule has 1 heterocycles. The van der Waals surface area contributed by atoms with Gasteiger partial charge >= 0.3 is 12.3 Å². The first-order valence-corrected chi connectivity index (χ1v) is 8.63. The van der Waals surface area contributed by atoms with Crippen LogP contribution in [-0.2, 0) is 20.5 Å². The molecule has 1 aromatic rings. The van der Waals surface area contributed by atoms with Gasteiger partial charge in [-0.3, -0.25) is 14.5 Å². The van der Waals surface area contributed by atoms with Gasteiger partial charge in [-0.15, -0.1) is 0 Å². The number of hydrogen-bond acceptors (Lipinski definition) is 4. The molecule has 0 N–H and O–H groups in total. The third-order valence-electron chi connectivity index (χ3n) is 4.72. The van der Waals surface area contributed by atoms with Crippen LogP contribution in [0.4, 0.5) is 23.7 Å². The van der Waals surface area contributed by atoms with Crippen molar-refractivity contribution < 1.29 is 32.3 Å². The number of carbonyl (C=O) groups is 2. The topological polar surface area (TPSA) is 59.1 Å². The molecule has 2 unspecified atom stereocenters. The molecule has 0 radical (unpaired) electrons. The Kier molecular flexibility index (Phi) is 6.35. The van der Waals surface area contributed by atoms with E-state index < -0.39 is 29.8 Å². The Hall–Kier alpha value is -2.29. The van der Waals surface area contributed by atoms with Gasteiger partial charge in [0.1, 0.15) is 0 Å². The standard InChI is InChI=1S/C18H23F3N2O4/c1-5-14-13(10-16(24)22(3)26-4)12-8-7-11(18(19,20)21)9-15(12)23(14)17(25)27-6-2/h7-9,13-14H,5-6,10H2,1-4H3. The smallest absolute Gasteiger partial charge is 0.416 e. The van der Waals surface area contributed by atoms with Crippen molar-refractivity contribution in [1.29, 1.82) is 0 Å². The lowest BCUT2D eigenvalue weighted by Gasteiger charge is -2.27. The Balaban J connectivity index is 2.51. The monoisotopic (exact) mass is 388 g/mol. The molecular formula is C18H23F3N2O4. The number of halogens is 3. The van der Waals surface area contributed by atoms with Gasteiger partial charge in [0, 0.05) is 25.4 Å². The molecule has 1 aromatic carbocycles. The lowest BCUT2D eigenvalue weighted by Crippen LogP contribution is -2.40. The molecular weight excluding hydrogens is 365 g/mol. The second kappa shape index (κ2) is 8.16. The van der Waals surface area contributed by atoms with Crippen LogP contribution in [0.1, 0.15) is 43.7 Å². The Bertz CT molecular complexity index is 708. The number of fused-ring (bicyclic) bond motifs is 1. The van der Waals surface area contributed by atoms with Crippen molar-refractivity contribution in [2.24, 2.45) is 0 Å². The molecule has 27 heavy (non-hydrogen) atoms. The predicted molar refractivity (Wildman–Crippen MR) is 92.2 cm³/mol.